The van der Waals surface area contributed by atoms with E-state index in [0.29, 0.717) is 5.92 Å². The minimum Gasteiger partial charge on any atom is -0.369 e. The lowest BCUT2D eigenvalue weighted by Crippen LogP contribution is -2.34. The summed E-state index contributed by atoms with van der Waals surface area (Å²) in [6.45, 7) is 4.55. The Kier molecular flexibility index (Phi) is 5.80. The van der Waals surface area contributed by atoms with Gasteiger partial charge < -0.3 is 11.1 Å². The van der Waals surface area contributed by atoms with E-state index in [0.717, 1.165) is 5.92 Å². The highest BCUT2D eigenvalue weighted by Crippen LogP contribution is 2.33. The maximum atomic E-state index is 11.0. The van der Waals surface area contributed by atoms with Crippen molar-refractivity contribution in [1.82, 2.24) is 5.32 Å². The molecule has 3 nitrogen and oxygen atoms in total. The highest BCUT2D eigenvalue weighted by molar-refractivity contribution is 5.75. The maximum Gasteiger partial charge on any atom is 0.231 e. The Morgan fingerprint density at radius 2 is 1.81 bits per heavy atom. The number of benzene rings is 1. The molecule has 1 aromatic rings. The summed E-state index contributed by atoms with van der Waals surface area (Å²) in [7, 11) is 0. The van der Waals surface area contributed by atoms with E-state index in [9.17, 15) is 4.79 Å². The SMILES string of the molecule is CC(C)C(NCC(N)=O)c1ccc(C2CCCCC2)cc1. The molecule has 1 aliphatic carbocycles. The second kappa shape index (κ2) is 7.60. The average molecular weight is 288 g/mol. The van der Waals surface area contributed by atoms with E-state index >= 15 is 0 Å². The molecule has 1 unspecified atom stereocenters. The van der Waals surface area contributed by atoms with E-state index < -0.39 is 0 Å². The van der Waals surface area contributed by atoms with E-state index in [1.807, 2.05) is 0 Å². The summed E-state index contributed by atoms with van der Waals surface area (Å²) in [6, 6.07) is 9.14. The van der Waals surface area contributed by atoms with Gasteiger partial charge in [0.1, 0.15) is 0 Å². The van der Waals surface area contributed by atoms with Crippen LogP contribution in [-0.2, 0) is 4.79 Å². The summed E-state index contributed by atoms with van der Waals surface area (Å²) in [6.07, 6.45) is 6.77. The van der Waals surface area contributed by atoms with Crippen LogP contribution < -0.4 is 11.1 Å². The molecule has 0 aliphatic heterocycles. The number of hydrogen-bond acceptors (Lipinski definition) is 2. The summed E-state index contributed by atoms with van der Waals surface area (Å²) < 4.78 is 0. The second-order valence-corrected chi connectivity index (χ2v) is 6.57. The van der Waals surface area contributed by atoms with Crippen LogP contribution in [0.25, 0.3) is 0 Å². The van der Waals surface area contributed by atoms with Crippen LogP contribution in [0.3, 0.4) is 0 Å². The van der Waals surface area contributed by atoms with Gasteiger partial charge in [-0.3, -0.25) is 4.79 Å². The van der Waals surface area contributed by atoms with Gasteiger partial charge in [0.15, 0.2) is 0 Å². The lowest BCUT2D eigenvalue weighted by atomic mass is 9.83. The third-order valence-electron chi connectivity index (χ3n) is 4.54. The van der Waals surface area contributed by atoms with Gasteiger partial charge in [-0.05, 0) is 35.8 Å². The standard InChI is InChI=1S/C18H28N2O/c1-13(2)18(20-12-17(19)21)16-10-8-15(9-11-16)14-6-4-3-5-7-14/h8-11,13-14,18,20H,3-7,12H2,1-2H3,(H2,19,21). The van der Waals surface area contributed by atoms with Crippen molar-refractivity contribution in [3.63, 3.8) is 0 Å². The molecule has 1 fully saturated rings. The first-order chi connectivity index (χ1) is 10.1. The lowest BCUT2D eigenvalue weighted by Gasteiger charge is -2.25. The highest BCUT2D eigenvalue weighted by atomic mass is 16.1. The predicted octanol–water partition coefficient (Wildman–Crippen LogP) is 3.51. The third kappa shape index (κ3) is 4.57. The Morgan fingerprint density at radius 3 is 2.33 bits per heavy atom. The van der Waals surface area contributed by atoms with Gasteiger partial charge in [-0.1, -0.05) is 57.4 Å². The quantitative estimate of drug-likeness (QED) is 0.841. The molecule has 0 heterocycles. The van der Waals surface area contributed by atoms with Gasteiger partial charge >= 0.3 is 0 Å². The summed E-state index contributed by atoms with van der Waals surface area (Å²) in [5, 5.41) is 3.26. The van der Waals surface area contributed by atoms with Crippen molar-refractivity contribution in [3.8, 4) is 0 Å². The molecule has 0 aromatic heterocycles. The Morgan fingerprint density at radius 1 is 1.19 bits per heavy atom. The van der Waals surface area contributed by atoms with Crippen LogP contribution in [0.2, 0.25) is 0 Å². The zero-order valence-electron chi connectivity index (χ0n) is 13.3. The van der Waals surface area contributed by atoms with Gasteiger partial charge in [0.05, 0.1) is 6.54 Å². The van der Waals surface area contributed by atoms with Crippen molar-refractivity contribution in [2.75, 3.05) is 6.54 Å². The molecule has 0 radical (unpaired) electrons. The Bertz CT molecular complexity index is 447. The Hall–Kier alpha value is -1.35. The minimum absolute atomic E-state index is 0.179. The first-order valence-corrected chi connectivity index (χ1v) is 8.19. The van der Waals surface area contributed by atoms with Crippen molar-refractivity contribution >= 4 is 5.91 Å². The molecule has 1 saturated carbocycles. The molecule has 1 aliphatic rings. The number of nitrogens with two attached hydrogens (primary N) is 1. The summed E-state index contributed by atoms with van der Waals surface area (Å²) >= 11 is 0. The molecule has 1 aromatic carbocycles. The summed E-state index contributed by atoms with van der Waals surface area (Å²) in [5.41, 5.74) is 7.95. The molecule has 21 heavy (non-hydrogen) atoms. The normalized spacial score (nSPS) is 17.9. The van der Waals surface area contributed by atoms with E-state index in [1.54, 1.807) is 0 Å². The van der Waals surface area contributed by atoms with Crippen molar-refractivity contribution in [2.45, 2.75) is 57.9 Å². The van der Waals surface area contributed by atoms with Crippen LogP contribution >= 0.6 is 0 Å². The van der Waals surface area contributed by atoms with Gasteiger partial charge in [-0.15, -0.1) is 0 Å². The molecule has 1 amide bonds. The van der Waals surface area contributed by atoms with Crippen molar-refractivity contribution in [1.29, 1.82) is 0 Å². The second-order valence-electron chi connectivity index (χ2n) is 6.57. The number of amides is 1. The number of carbonyl (C=O) groups excluding carboxylic acids is 1. The van der Waals surface area contributed by atoms with Crippen LogP contribution in [0.15, 0.2) is 24.3 Å². The molecule has 2 rings (SSSR count). The molecule has 0 spiro atoms. The fraction of sp³-hybridized carbons (Fsp3) is 0.611. The van der Waals surface area contributed by atoms with Crippen LogP contribution in [0.1, 0.15) is 69.0 Å². The van der Waals surface area contributed by atoms with Gasteiger partial charge in [0.2, 0.25) is 5.91 Å². The third-order valence-corrected chi connectivity index (χ3v) is 4.54. The Labute approximate surface area is 128 Å². The molecule has 0 bridgehead atoms. The van der Waals surface area contributed by atoms with Gasteiger partial charge in [-0.2, -0.15) is 0 Å². The first kappa shape index (κ1) is 16.0. The molecule has 3 heteroatoms. The van der Waals surface area contributed by atoms with Crippen LogP contribution in [0, 0.1) is 5.92 Å². The van der Waals surface area contributed by atoms with Crippen molar-refractivity contribution < 1.29 is 4.79 Å². The molecule has 1 atom stereocenters. The van der Waals surface area contributed by atoms with Crippen LogP contribution in [-0.4, -0.2) is 12.5 Å². The summed E-state index contributed by atoms with van der Waals surface area (Å²) in [5.74, 6) is 0.855. The number of primary amides is 1. The Balaban J connectivity index is 2.05. The van der Waals surface area contributed by atoms with Crippen LogP contribution in [0.4, 0.5) is 0 Å². The number of rotatable bonds is 6. The largest absolute Gasteiger partial charge is 0.369 e. The highest BCUT2D eigenvalue weighted by Gasteiger charge is 2.18. The van der Waals surface area contributed by atoms with E-state index in [1.165, 1.54) is 43.2 Å². The summed E-state index contributed by atoms with van der Waals surface area (Å²) in [4.78, 5) is 11.0. The number of hydrogen-bond donors (Lipinski definition) is 2. The maximum absolute atomic E-state index is 11.0. The molecule has 116 valence electrons. The fourth-order valence-electron chi connectivity index (χ4n) is 3.36. The van der Waals surface area contributed by atoms with Gasteiger partial charge in [-0.25, -0.2) is 0 Å². The fourth-order valence-corrected chi connectivity index (χ4v) is 3.36. The van der Waals surface area contributed by atoms with E-state index in [2.05, 4.69) is 43.4 Å². The van der Waals surface area contributed by atoms with Crippen molar-refractivity contribution in [2.24, 2.45) is 11.7 Å². The zero-order valence-corrected chi connectivity index (χ0v) is 13.3. The molecular formula is C18H28N2O. The zero-order chi connectivity index (χ0) is 15.2. The molecule has 3 N–H and O–H groups in total. The number of carbonyl (C=O) groups is 1. The van der Waals surface area contributed by atoms with E-state index in [4.69, 9.17) is 5.73 Å². The predicted molar refractivity (Wildman–Crippen MR) is 87.0 cm³/mol. The van der Waals surface area contributed by atoms with E-state index in [-0.39, 0.29) is 18.5 Å². The number of nitrogens with one attached hydrogen (secondary N) is 1. The average Bonchev–Trinajstić information content (AvgIpc) is 2.48. The minimum atomic E-state index is -0.306. The van der Waals surface area contributed by atoms with Crippen molar-refractivity contribution in [3.05, 3.63) is 35.4 Å². The van der Waals surface area contributed by atoms with Crippen LogP contribution in [0.5, 0.6) is 0 Å². The molecular weight excluding hydrogens is 260 g/mol. The van der Waals surface area contributed by atoms with Gasteiger partial charge in [0, 0.05) is 6.04 Å². The molecule has 0 saturated heterocycles. The monoisotopic (exact) mass is 288 g/mol. The topological polar surface area (TPSA) is 55.1 Å². The lowest BCUT2D eigenvalue weighted by molar-refractivity contribution is -0.117. The first-order valence-electron chi connectivity index (χ1n) is 8.19. The van der Waals surface area contributed by atoms with Gasteiger partial charge in [0.25, 0.3) is 0 Å². The smallest absolute Gasteiger partial charge is 0.231 e.